The molecule has 0 aromatic heterocycles. The van der Waals surface area contributed by atoms with Crippen LogP contribution in [0.15, 0.2) is 71.6 Å². The number of hydrogen-bond acceptors (Lipinski definition) is 4. The molecule has 0 radical (unpaired) electrons. The van der Waals surface area contributed by atoms with Gasteiger partial charge >= 0.3 is 0 Å². The van der Waals surface area contributed by atoms with Crippen LogP contribution in [0.3, 0.4) is 0 Å². The number of amides is 1. The zero-order chi connectivity index (χ0) is 25.9. The quantitative estimate of drug-likeness (QED) is 0.432. The molecule has 0 aliphatic carbocycles. The largest absolute Gasteiger partial charge is 0.368 e. The number of halogens is 1. The van der Waals surface area contributed by atoms with Crippen molar-refractivity contribution in [3.63, 3.8) is 0 Å². The molecule has 3 aromatic rings. The van der Waals surface area contributed by atoms with Crippen molar-refractivity contribution in [3.05, 3.63) is 88.4 Å². The second-order valence-corrected chi connectivity index (χ2v) is 11.4. The van der Waals surface area contributed by atoms with Gasteiger partial charge in [-0.05, 0) is 61.7 Å². The number of piperazine rings is 1. The molecule has 1 aliphatic rings. The number of anilines is 2. The minimum atomic E-state index is -3.94. The number of sulfonamides is 1. The van der Waals surface area contributed by atoms with Gasteiger partial charge in [-0.15, -0.1) is 0 Å². The molecule has 36 heavy (non-hydrogen) atoms. The summed E-state index contributed by atoms with van der Waals surface area (Å²) < 4.78 is 28.8. The first-order valence-corrected chi connectivity index (χ1v) is 14.0. The number of carbonyl (C=O) groups excluding carboxylic acids is 1. The third-order valence-corrected chi connectivity index (χ3v) is 8.68. The molecule has 1 fully saturated rings. The molecule has 1 amide bonds. The van der Waals surface area contributed by atoms with Crippen LogP contribution in [0.5, 0.6) is 0 Å². The number of para-hydroxylation sites is 1. The van der Waals surface area contributed by atoms with Gasteiger partial charge in [-0.25, -0.2) is 8.42 Å². The summed E-state index contributed by atoms with van der Waals surface area (Å²) in [6, 6.07) is 19.9. The minimum Gasteiger partial charge on any atom is -0.368 e. The van der Waals surface area contributed by atoms with Gasteiger partial charge in [-0.3, -0.25) is 9.10 Å². The fourth-order valence-electron chi connectivity index (χ4n) is 4.53. The Morgan fingerprint density at radius 3 is 2.28 bits per heavy atom. The van der Waals surface area contributed by atoms with E-state index in [1.54, 1.807) is 35.2 Å². The van der Waals surface area contributed by atoms with E-state index in [1.807, 2.05) is 57.2 Å². The van der Waals surface area contributed by atoms with E-state index in [4.69, 9.17) is 11.6 Å². The van der Waals surface area contributed by atoms with E-state index in [1.165, 1.54) is 4.31 Å². The van der Waals surface area contributed by atoms with E-state index < -0.39 is 10.0 Å². The van der Waals surface area contributed by atoms with Crippen LogP contribution < -0.4 is 9.21 Å². The standard InChI is InChI=1S/C28H32ClN3O3S/c1-4-23-7-5-6-8-26(23)32(36(34,35)25-13-9-21(2)10-14-25)20-28(33)31-17-15-30(16-18-31)27-19-24(29)12-11-22(27)3/h5-14,19H,4,15-18,20H2,1-3H3. The maximum Gasteiger partial charge on any atom is 0.264 e. The molecular weight excluding hydrogens is 494 g/mol. The van der Waals surface area contributed by atoms with Crippen molar-refractivity contribution >= 4 is 38.9 Å². The van der Waals surface area contributed by atoms with Gasteiger partial charge in [0.2, 0.25) is 5.91 Å². The van der Waals surface area contributed by atoms with E-state index in [-0.39, 0.29) is 17.3 Å². The first-order valence-electron chi connectivity index (χ1n) is 12.2. The molecule has 0 atom stereocenters. The lowest BCUT2D eigenvalue weighted by atomic mass is 10.1. The molecule has 190 valence electrons. The first-order chi connectivity index (χ1) is 17.2. The van der Waals surface area contributed by atoms with Crippen LogP contribution in [-0.2, 0) is 21.2 Å². The average Bonchev–Trinajstić information content (AvgIpc) is 2.89. The third-order valence-electron chi connectivity index (χ3n) is 6.67. The van der Waals surface area contributed by atoms with Crippen LogP contribution in [-0.4, -0.2) is 51.9 Å². The highest BCUT2D eigenvalue weighted by molar-refractivity contribution is 7.92. The Kier molecular flexibility index (Phi) is 7.91. The monoisotopic (exact) mass is 525 g/mol. The maximum absolute atomic E-state index is 13.8. The Bertz CT molecular complexity index is 1330. The van der Waals surface area contributed by atoms with Gasteiger partial charge in [-0.1, -0.05) is 60.5 Å². The van der Waals surface area contributed by atoms with Crippen LogP contribution in [0.25, 0.3) is 0 Å². The number of benzene rings is 3. The van der Waals surface area contributed by atoms with Crippen molar-refractivity contribution in [1.82, 2.24) is 4.90 Å². The molecule has 0 saturated carbocycles. The first kappa shape index (κ1) is 26.0. The van der Waals surface area contributed by atoms with E-state index in [0.29, 0.717) is 43.3 Å². The van der Waals surface area contributed by atoms with Crippen molar-refractivity contribution in [1.29, 1.82) is 0 Å². The molecule has 6 nitrogen and oxygen atoms in total. The number of aryl methyl sites for hydroxylation is 3. The Labute approximate surface area is 219 Å². The zero-order valence-electron chi connectivity index (χ0n) is 20.9. The lowest BCUT2D eigenvalue weighted by Gasteiger charge is -2.38. The molecule has 0 N–H and O–H groups in total. The summed E-state index contributed by atoms with van der Waals surface area (Å²) in [7, 11) is -3.94. The predicted octanol–water partition coefficient (Wildman–Crippen LogP) is 5.06. The highest BCUT2D eigenvalue weighted by atomic mass is 35.5. The summed E-state index contributed by atoms with van der Waals surface area (Å²) >= 11 is 6.20. The van der Waals surface area contributed by atoms with Gasteiger partial charge in [0, 0.05) is 36.9 Å². The van der Waals surface area contributed by atoms with Crippen molar-refractivity contribution in [2.75, 3.05) is 41.9 Å². The lowest BCUT2D eigenvalue weighted by molar-refractivity contribution is -0.129. The van der Waals surface area contributed by atoms with Gasteiger partial charge in [0.15, 0.2) is 0 Å². The van der Waals surface area contributed by atoms with Crippen molar-refractivity contribution < 1.29 is 13.2 Å². The summed E-state index contributed by atoms with van der Waals surface area (Å²) in [5, 5.41) is 0.681. The summed E-state index contributed by atoms with van der Waals surface area (Å²) in [6.45, 7) is 8.03. The molecule has 4 rings (SSSR count). The lowest BCUT2D eigenvalue weighted by Crippen LogP contribution is -2.52. The third kappa shape index (κ3) is 5.52. The van der Waals surface area contributed by atoms with Gasteiger partial charge in [0.1, 0.15) is 6.54 Å². The fourth-order valence-corrected chi connectivity index (χ4v) is 6.15. The normalized spacial score (nSPS) is 14.1. The van der Waals surface area contributed by atoms with Crippen molar-refractivity contribution in [2.45, 2.75) is 32.1 Å². The molecule has 0 spiro atoms. The van der Waals surface area contributed by atoms with E-state index in [2.05, 4.69) is 4.90 Å². The van der Waals surface area contributed by atoms with Crippen LogP contribution in [0, 0.1) is 13.8 Å². The SMILES string of the molecule is CCc1ccccc1N(CC(=O)N1CCN(c2cc(Cl)ccc2C)CC1)S(=O)(=O)c1ccc(C)cc1. The maximum atomic E-state index is 13.8. The number of nitrogens with zero attached hydrogens (tertiary/aromatic N) is 3. The Morgan fingerprint density at radius 1 is 0.944 bits per heavy atom. The number of rotatable bonds is 7. The highest BCUT2D eigenvalue weighted by Crippen LogP contribution is 2.29. The topological polar surface area (TPSA) is 60.9 Å². The zero-order valence-corrected chi connectivity index (χ0v) is 22.5. The summed E-state index contributed by atoms with van der Waals surface area (Å²) in [5.74, 6) is -0.209. The number of hydrogen-bond donors (Lipinski definition) is 0. The van der Waals surface area contributed by atoms with Gasteiger partial charge in [0.05, 0.1) is 10.6 Å². The summed E-state index contributed by atoms with van der Waals surface area (Å²) in [6.07, 6.45) is 0.655. The van der Waals surface area contributed by atoms with Gasteiger partial charge in [-0.2, -0.15) is 0 Å². The van der Waals surface area contributed by atoms with Crippen LogP contribution >= 0.6 is 11.6 Å². The smallest absolute Gasteiger partial charge is 0.264 e. The second kappa shape index (κ2) is 10.9. The Balaban J connectivity index is 1.57. The average molecular weight is 526 g/mol. The summed E-state index contributed by atoms with van der Waals surface area (Å²) in [5.41, 5.74) is 4.59. The molecular formula is C28H32ClN3O3S. The Hall–Kier alpha value is -3.03. The molecule has 3 aromatic carbocycles. The minimum absolute atomic E-state index is 0.174. The molecule has 1 heterocycles. The molecule has 0 unspecified atom stereocenters. The van der Waals surface area contributed by atoms with Crippen molar-refractivity contribution in [3.8, 4) is 0 Å². The van der Waals surface area contributed by atoms with Crippen LogP contribution in [0.2, 0.25) is 5.02 Å². The van der Waals surface area contributed by atoms with Gasteiger partial charge in [0.25, 0.3) is 10.0 Å². The molecule has 1 aliphatic heterocycles. The summed E-state index contributed by atoms with van der Waals surface area (Å²) in [4.78, 5) is 17.6. The van der Waals surface area contributed by atoms with Crippen molar-refractivity contribution in [2.24, 2.45) is 0 Å². The van der Waals surface area contributed by atoms with E-state index >= 15 is 0 Å². The Morgan fingerprint density at radius 2 is 1.61 bits per heavy atom. The fraction of sp³-hybridized carbons (Fsp3) is 0.321. The predicted molar refractivity (Wildman–Crippen MR) is 147 cm³/mol. The molecule has 1 saturated heterocycles. The number of carbonyl (C=O) groups is 1. The molecule has 0 bridgehead atoms. The van der Waals surface area contributed by atoms with Gasteiger partial charge < -0.3 is 9.80 Å². The van der Waals surface area contributed by atoms with Crippen LogP contribution in [0.1, 0.15) is 23.6 Å². The molecule has 8 heteroatoms. The second-order valence-electron chi connectivity index (χ2n) is 9.11. The van der Waals surface area contributed by atoms with E-state index in [9.17, 15) is 13.2 Å². The van der Waals surface area contributed by atoms with E-state index in [0.717, 1.165) is 22.4 Å². The van der Waals surface area contributed by atoms with Crippen LogP contribution in [0.4, 0.5) is 11.4 Å². The highest BCUT2D eigenvalue weighted by Gasteiger charge is 2.31.